The summed E-state index contributed by atoms with van der Waals surface area (Å²) in [5.74, 6) is 0.938. The van der Waals surface area contributed by atoms with E-state index in [9.17, 15) is 8.42 Å². The fraction of sp³-hybridized carbons (Fsp3) is 0.545. The smallest absolute Gasteiger partial charge is 0.242 e. The van der Waals surface area contributed by atoms with Crippen LogP contribution in [0.2, 0.25) is 0 Å². The monoisotopic (exact) mass is 290 g/mol. The van der Waals surface area contributed by atoms with Crippen molar-refractivity contribution in [1.82, 2.24) is 9.71 Å². The van der Waals surface area contributed by atoms with Crippen molar-refractivity contribution in [1.29, 1.82) is 0 Å². The van der Waals surface area contributed by atoms with Gasteiger partial charge in [-0.05, 0) is 30.6 Å². The molecular formula is C11H18N2O3S2. The Balaban J connectivity index is 2.56. The first-order chi connectivity index (χ1) is 8.60. The van der Waals surface area contributed by atoms with Gasteiger partial charge in [-0.1, -0.05) is 0 Å². The van der Waals surface area contributed by atoms with Gasteiger partial charge in [-0.25, -0.2) is 13.1 Å². The van der Waals surface area contributed by atoms with E-state index in [0.29, 0.717) is 0 Å². The number of thioether (sulfide) groups is 1. The second kappa shape index (κ2) is 7.73. The van der Waals surface area contributed by atoms with E-state index in [-0.39, 0.29) is 17.5 Å². The van der Waals surface area contributed by atoms with Gasteiger partial charge in [0.05, 0.1) is 6.10 Å². The van der Waals surface area contributed by atoms with Crippen LogP contribution in [0.4, 0.5) is 0 Å². The quantitative estimate of drug-likeness (QED) is 0.777. The highest BCUT2D eigenvalue weighted by atomic mass is 32.2. The van der Waals surface area contributed by atoms with Crippen LogP contribution in [0.25, 0.3) is 0 Å². The zero-order valence-electron chi connectivity index (χ0n) is 10.5. The first kappa shape index (κ1) is 15.4. The van der Waals surface area contributed by atoms with E-state index in [1.165, 1.54) is 18.5 Å². The number of ether oxygens (including phenoxy) is 1. The highest BCUT2D eigenvalue weighted by molar-refractivity contribution is 7.98. The van der Waals surface area contributed by atoms with Gasteiger partial charge in [0.2, 0.25) is 10.0 Å². The SMILES string of the molecule is COC(CCSC)CNS(=O)(=O)c1cccnc1. The van der Waals surface area contributed by atoms with Crippen molar-refractivity contribution >= 4 is 21.8 Å². The molecule has 18 heavy (non-hydrogen) atoms. The predicted molar refractivity (Wildman–Crippen MR) is 73.2 cm³/mol. The van der Waals surface area contributed by atoms with Crippen molar-refractivity contribution in [2.75, 3.05) is 25.7 Å². The topological polar surface area (TPSA) is 68.3 Å². The largest absolute Gasteiger partial charge is 0.380 e. The minimum Gasteiger partial charge on any atom is -0.380 e. The Hall–Kier alpha value is -0.630. The fourth-order valence-corrected chi connectivity index (χ4v) is 2.87. The first-order valence-corrected chi connectivity index (χ1v) is 8.39. The number of rotatable bonds is 8. The number of sulfonamides is 1. The average Bonchev–Trinajstić information content (AvgIpc) is 2.40. The summed E-state index contributed by atoms with van der Waals surface area (Å²) in [4.78, 5) is 3.97. The highest BCUT2D eigenvalue weighted by Gasteiger charge is 2.16. The molecule has 0 aromatic carbocycles. The molecule has 0 spiro atoms. The lowest BCUT2D eigenvalue weighted by Crippen LogP contribution is -2.33. The standard InChI is InChI=1S/C11H18N2O3S2/c1-16-10(5-7-17-2)8-13-18(14,15)11-4-3-6-12-9-11/h3-4,6,9-10,13H,5,7-8H2,1-2H3. The lowest BCUT2D eigenvalue weighted by molar-refractivity contribution is 0.104. The number of methoxy groups -OCH3 is 1. The Morgan fingerprint density at radius 1 is 1.56 bits per heavy atom. The maximum Gasteiger partial charge on any atom is 0.242 e. The molecule has 0 aliphatic carbocycles. The summed E-state index contributed by atoms with van der Waals surface area (Å²) >= 11 is 1.71. The summed E-state index contributed by atoms with van der Waals surface area (Å²) in [5, 5.41) is 0. The summed E-state index contributed by atoms with van der Waals surface area (Å²) in [6, 6.07) is 3.11. The Morgan fingerprint density at radius 2 is 2.33 bits per heavy atom. The number of pyridine rings is 1. The molecule has 0 radical (unpaired) electrons. The maximum atomic E-state index is 11.9. The van der Waals surface area contributed by atoms with Crippen LogP contribution in [0.5, 0.6) is 0 Å². The zero-order valence-corrected chi connectivity index (χ0v) is 12.1. The molecule has 0 fully saturated rings. The van der Waals surface area contributed by atoms with Crippen molar-refractivity contribution < 1.29 is 13.2 Å². The molecular weight excluding hydrogens is 272 g/mol. The second-order valence-electron chi connectivity index (χ2n) is 3.68. The normalized spacial score (nSPS) is 13.4. The molecule has 1 N–H and O–H groups in total. The molecule has 0 aliphatic heterocycles. The maximum absolute atomic E-state index is 11.9. The molecule has 0 saturated heterocycles. The third-order valence-corrected chi connectivity index (χ3v) is 4.48. The van der Waals surface area contributed by atoms with Crippen molar-refractivity contribution in [2.24, 2.45) is 0 Å². The van der Waals surface area contributed by atoms with Gasteiger partial charge in [0.15, 0.2) is 0 Å². The molecule has 0 amide bonds. The minimum atomic E-state index is -3.49. The van der Waals surface area contributed by atoms with Gasteiger partial charge >= 0.3 is 0 Å². The van der Waals surface area contributed by atoms with E-state index in [1.807, 2.05) is 6.26 Å². The number of hydrogen-bond donors (Lipinski definition) is 1. The lowest BCUT2D eigenvalue weighted by atomic mass is 10.3. The molecule has 0 saturated carbocycles. The lowest BCUT2D eigenvalue weighted by Gasteiger charge is -2.15. The molecule has 1 aromatic heterocycles. The molecule has 5 nitrogen and oxygen atoms in total. The van der Waals surface area contributed by atoms with Gasteiger partial charge in [-0.15, -0.1) is 0 Å². The molecule has 0 aliphatic rings. The zero-order chi connectivity index (χ0) is 13.4. The Bertz CT molecular complexity index is 437. The minimum absolute atomic E-state index is 0.108. The molecule has 1 heterocycles. The number of nitrogens with one attached hydrogen (secondary N) is 1. The van der Waals surface area contributed by atoms with Crippen LogP contribution in [0.15, 0.2) is 29.4 Å². The van der Waals surface area contributed by atoms with Gasteiger partial charge in [-0.2, -0.15) is 11.8 Å². The summed E-state index contributed by atoms with van der Waals surface area (Å²) in [5.41, 5.74) is 0. The number of hydrogen-bond acceptors (Lipinski definition) is 5. The summed E-state index contributed by atoms with van der Waals surface area (Å²) in [6.07, 6.45) is 5.57. The molecule has 7 heteroatoms. The van der Waals surface area contributed by atoms with Gasteiger partial charge in [-0.3, -0.25) is 4.98 Å². The van der Waals surface area contributed by atoms with Crippen LogP contribution in [0.1, 0.15) is 6.42 Å². The number of aromatic nitrogens is 1. The van der Waals surface area contributed by atoms with Crippen molar-refractivity contribution in [3.8, 4) is 0 Å². The van der Waals surface area contributed by atoms with Crippen molar-refractivity contribution in [2.45, 2.75) is 17.4 Å². The molecule has 1 unspecified atom stereocenters. The third-order valence-electron chi connectivity index (χ3n) is 2.42. The highest BCUT2D eigenvalue weighted by Crippen LogP contribution is 2.07. The molecule has 0 bridgehead atoms. The van der Waals surface area contributed by atoms with Crippen LogP contribution in [0, 0.1) is 0 Å². The first-order valence-electron chi connectivity index (χ1n) is 5.51. The summed E-state index contributed by atoms with van der Waals surface area (Å²) < 4.78 is 31.6. The van der Waals surface area contributed by atoms with E-state index in [1.54, 1.807) is 24.9 Å². The Kier molecular flexibility index (Phi) is 6.62. The van der Waals surface area contributed by atoms with E-state index in [2.05, 4.69) is 9.71 Å². The van der Waals surface area contributed by atoms with Gasteiger partial charge in [0, 0.05) is 26.0 Å². The van der Waals surface area contributed by atoms with Crippen LogP contribution in [-0.4, -0.2) is 45.2 Å². The van der Waals surface area contributed by atoms with Crippen LogP contribution in [0.3, 0.4) is 0 Å². The fourth-order valence-electron chi connectivity index (χ4n) is 1.34. The van der Waals surface area contributed by atoms with Crippen molar-refractivity contribution in [3.05, 3.63) is 24.5 Å². The van der Waals surface area contributed by atoms with E-state index < -0.39 is 10.0 Å². The van der Waals surface area contributed by atoms with E-state index in [4.69, 9.17) is 4.74 Å². The summed E-state index contributed by atoms with van der Waals surface area (Å²) in [6.45, 7) is 0.272. The average molecular weight is 290 g/mol. The van der Waals surface area contributed by atoms with Crippen LogP contribution >= 0.6 is 11.8 Å². The van der Waals surface area contributed by atoms with Crippen LogP contribution in [-0.2, 0) is 14.8 Å². The Morgan fingerprint density at radius 3 is 2.89 bits per heavy atom. The summed E-state index contributed by atoms with van der Waals surface area (Å²) in [7, 11) is -1.90. The van der Waals surface area contributed by atoms with Gasteiger partial charge < -0.3 is 4.74 Å². The predicted octanol–water partition coefficient (Wildman–Crippen LogP) is 1.13. The Labute approximate surface area is 112 Å². The molecule has 1 atom stereocenters. The molecule has 1 rings (SSSR count). The van der Waals surface area contributed by atoms with Crippen molar-refractivity contribution in [3.63, 3.8) is 0 Å². The third kappa shape index (κ3) is 4.93. The van der Waals surface area contributed by atoms with Crippen LogP contribution < -0.4 is 4.72 Å². The molecule has 1 aromatic rings. The second-order valence-corrected chi connectivity index (χ2v) is 6.43. The van der Waals surface area contributed by atoms with Gasteiger partial charge in [0.25, 0.3) is 0 Å². The van der Waals surface area contributed by atoms with E-state index >= 15 is 0 Å². The number of nitrogens with zero attached hydrogens (tertiary/aromatic N) is 1. The van der Waals surface area contributed by atoms with Gasteiger partial charge in [0.1, 0.15) is 4.90 Å². The molecule has 102 valence electrons. The van der Waals surface area contributed by atoms with E-state index in [0.717, 1.165) is 12.2 Å².